The highest BCUT2D eigenvalue weighted by Crippen LogP contribution is 2.33. The zero-order chi connectivity index (χ0) is 15.0. The maximum atomic E-state index is 11.2. The molecule has 2 aromatic heterocycles. The maximum Gasteiger partial charge on any atom is 0.293 e. The van der Waals surface area contributed by atoms with Gasteiger partial charge in [-0.2, -0.15) is 0 Å². The number of aromatic nitrogens is 1. The Morgan fingerprint density at radius 2 is 2.19 bits per heavy atom. The molecule has 0 aliphatic rings. The first-order valence-electron chi connectivity index (χ1n) is 6.06. The quantitative estimate of drug-likeness (QED) is 0.511. The number of fused-ring (bicyclic) bond motifs is 1. The van der Waals surface area contributed by atoms with Crippen LogP contribution in [0.25, 0.3) is 10.2 Å². The molecule has 0 atom stereocenters. The number of nitrogens with one attached hydrogen (secondary N) is 1. The van der Waals surface area contributed by atoms with Crippen LogP contribution in [0.2, 0.25) is 0 Å². The van der Waals surface area contributed by atoms with E-state index in [1.807, 2.05) is 19.1 Å². The highest BCUT2D eigenvalue weighted by Gasteiger charge is 2.17. The summed E-state index contributed by atoms with van der Waals surface area (Å²) < 4.78 is 1.88. The number of aryl methyl sites for hydroxylation is 1. The van der Waals surface area contributed by atoms with Crippen LogP contribution in [0.3, 0.4) is 0 Å². The molecular formula is C13H10BrN3O2S2. The molecule has 8 heteroatoms. The Morgan fingerprint density at radius 1 is 1.38 bits per heavy atom. The highest BCUT2D eigenvalue weighted by molar-refractivity contribution is 9.11. The van der Waals surface area contributed by atoms with Crippen molar-refractivity contribution in [3.63, 3.8) is 0 Å². The first-order valence-corrected chi connectivity index (χ1v) is 8.49. The van der Waals surface area contributed by atoms with Crippen molar-refractivity contribution in [2.45, 2.75) is 13.5 Å². The fraction of sp³-hybridized carbons (Fsp3) is 0.154. The standard InChI is InChI=1S/C13H10BrN3O2S2/c1-7-16-10-4-9(11(17(18)19)5-12(10)20-7)15-6-8-2-3-13(14)21-8/h2-5,15H,6H2,1H3. The van der Waals surface area contributed by atoms with Gasteiger partial charge >= 0.3 is 0 Å². The molecule has 0 amide bonds. The van der Waals surface area contributed by atoms with Crippen molar-refractivity contribution in [1.82, 2.24) is 4.98 Å². The average Bonchev–Trinajstić information content (AvgIpc) is 2.99. The second-order valence-corrected chi connectivity index (χ2v) is 8.17. The molecule has 0 fully saturated rings. The minimum atomic E-state index is -0.360. The molecule has 0 saturated carbocycles. The van der Waals surface area contributed by atoms with Crippen molar-refractivity contribution in [3.8, 4) is 0 Å². The molecule has 21 heavy (non-hydrogen) atoms. The van der Waals surface area contributed by atoms with Crippen molar-refractivity contribution >= 4 is 60.2 Å². The number of hydrogen-bond acceptors (Lipinski definition) is 6. The van der Waals surface area contributed by atoms with Gasteiger partial charge in [-0.3, -0.25) is 10.1 Å². The fourth-order valence-corrected chi connectivity index (χ4v) is 4.26. The molecule has 0 bridgehead atoms. The number of nitro benzene ring substituents is 1. The molecular weight excluding hydrogens is 374 g/mol. The van der Waals surface area contributed by atoms with Gasteiger partial charge in [0.05, 0.1) is 23.9 Å². The Morgan fingerprint density at radius 3 is 2.86 bits per heavy atom. The molecule has 2 heterocycles. The van der Waals surface area contributed by atoms with Crippen LogP contribution in [0, 0.1) is 17.0 Å². The van der Waals surface area contributed by atoms with Gasteiger partial charge in [-0.25, -0.2) is 4.98 Å². The van der Waals surface area contributed by atoms with Gasteiger partial charge in [-0.05, 0) is 41.1 Å². The zero-order valence-electron chi connectivity index (χ0n) is 10.9. The maximum absolute atomic E-state index is 11.2. The predicted octanol–water partition coefficient (Wildman–Crippen LogP) is 4.95. The van der Waals surface area contributed by atoms with Gasteiger partial charge in [0.15, 0.2) is 0 Å². The van der Waals surface area contributed by atoms with Gasteiger partial charge in [0, 0.05) is 17.5 Å². The van der Waals surface area contributed by atoms with Gasteiger partial charge in [-0.15, -0.1) is 22.7 Å². The Kier molecular flexibility index (Phi) is 3.92. The number of nitro groups is 1. The van der Waals surface area contributed by atoms with Crippen LogP contribution in [0.15, 0.2) is 28.1 Å². The smallest absolute Gasteiger partial charge is 0.293 e. The Hall–Kier alpha value is -1.51. The number of benzene rings is 1. The zero-order valence-corrected chi connectivity index (χ0v) is 14.1. The van der Waals surface area contributed by atoms with Crippen molar-refractivity contribution in [3.05, 3.63) is 48.1 Å². The lowest BCUT2D eigenvalue weighted by atomic mass is 10.2. The first-order chi connectivity index (χ1) is 10.0. The molecule has 0 unspecified atom stereocenters. The van der Waals surface area contributed by atoms with Gasteiger partial charge < -0.3 is 5.32 Å². The number of rotatable bonds is 4. The van der Waals surface area contributed by atoms with Crippen molar-refractivity contribution in [2.24, 2.45) is 0 Å². The van der Waals surface area contributed by atoms with Crippen LogP contribution in [0.1, 0.15) is 9.88 Å². The molecule has 0 aliphatic carbocycles. The number of thiazole rings is 1. The molecule has 1 N–H and O–H groups in total. The number of anilines is 1. The topological polar surface area (TPSA) is 68.1 Å². The van der Waals surface area contributed by atoms with E-state index in [2.05, 4.69) is 26.2 Å². The monoisotopic (exact) mass is 383 g/mol. The minimum Gasteiger partial charge on any atom is -0.375 e. The third-order valence-corrected chi connectivity index (χ3v) is 5.45. The van der Waals surface area contributed by atoms with E-state index < -0.39 is 0 Å². The summed E-state index contributed by atoms with van der Waals surface area (Å²) in [6.07, 6.45) is 0. The SMILES string of the molecule is Cc1nc2cc(NCc3ccc(Br)s3)c([N+](=O)[O-])cc2s1. The van der Waals surface area contributed by atoms with Crippen LogP contribution in [-0.4, -0.2) is 9.91 Å². The van der Waals surface area contributed by atoms with E-state index >= 15 is 0 Å². The molecule has 5 nitrogen and oxygen atoms in total. The molecule has 0 radical (unpaired) electrons. The van der Waals surface area contributed by atoms with Gasteiger partial charge in [0.1, 0.15) is 5.69 Å². The lowest BCUT2D eigenvalue weighted by molar-refractivity contribution is -0.383. The van der Waals surface area contributed by atoms with Crippen LogP contribution in [0.4, 0.5) is 11.4 Å². The summed E-state index contributed by atoms with van der Waals surface area (Å²) in [6, 6.07) is 7.29. The van der Waals surface area contributed by atoms with Crippen LogP contribution >= 0.6 is 38.6 Å². The summed E-state index contributed by atoms with van der Waals surface area (Å²) in [5.74, 6) is 0. The molecule has 0 spiro atoms. The summed E-state index contributed by atoms with van der Waals surface area (Å²) >= 11 is 6.47. The van der Waals surface area contributed by atoms with Gasteiger partial charge in [-0.1, -0.05) is 0 Å². The van der Waals surface area contributed by atoms with E-state index in [4.69, 9.17) is 0 Å². The Balaban J connectivity index is 1.95. The molecule has 0 saturated heterocycles. The van der Waals surface area contributed by atoms with E-state index in [0.717, 1.165) is 23.9 Å². The third-order valence-electron chi connectivity index (χ3n) is 2.89. The second kappa shape index (κ2) is 5.70. The van der Waals surface area contributed by atoms with Gasteiger partial charge in [0.25, 0.3) is 5.69 Å². The predicted molar refractivity (Wildman–Crippen MR) is 90.4 cm³/mol. The molecule has 3 aromatic rings. The lowest BCUT2D eigenvalue weighted by Gasteiger charge is -2.05. The van der Waals surface area contributed by atoms with Crippen molar-refractivity contribution in [1.29, 1.82) is 0 Å². The summed E-state index contributed by atoms with van der Waals surface area (Å²) in [5.41, 5.74) is 1.38. The summed E-state index contributed by atoms with van der Waals surface area (Å²) in [6.45, 7) is 2.44. The van der Waals surface area contributed by atoms with Crippen molar-refractivity contribution in [2.75, 3.05) is 5.32 Å². The summed E-state index contributed by atoms with van der Waals surface area (Å²) in [4.78, 5) is 16.4. The largest absolute Gasteiger partial charge is 0.375 e. The summed E-state index contributed by atoms with van der Waals surface area (Å²) in [5, 5.41) is 15.3. The van der Waals surface area contributed by atoms with E-state index in [1.165, 1.54) is 11.3 Å². The van der Waals surface area contributed by atoms with Crippen LogP contribution in [0.5, 0.6) is 0 Å². The lowest BCUT2D eigenvalue weighted by Crippen LogP contribution is -2.01. The van der Waals surface area contributed by atoms with Crippen LogP contribution in [-0.2, 0) is 6.54 Å². The highest BCUT2D eigenvalue weighted by atomic mass is 79.9. The Labute approximate surface area is 136 Å². The molecule has 108 valence electrons. The second-order valence-electron chi connectivity index (χ2n) is 4.39. The van der Waals surface area contributed by atoms with E-state index in [1.54, 1.807) is 23.5 Å². The number of hydrogen-bond donors (Lipinski definition) is 1. The molecule has 3 rings (SSSR count). The van der Waals surface area contributed by atoms with Gasteiger partial charge in [0.2, 0.25) is 0 Å². The number of thiophene rings is 1. The van der Waals surface area contributed by atoms with E-state index in [-0.39, 0.29) is 10.6 Å². The molecule has 0 aliphatic heterocycles. The average molecular weight is 384 g/mol. The first kappa shape index (κ1) is 14.4. The fourth-order valence-electron chi connectivity index (χ4n) is 2.00. The molecule has 1 aromatic carbocycles. The third kappa shape index (κ3) is 3.07. The minimum absolute atomic E-state index is 0.0850. The van der Waals surface area contributed by atoms with E-state index in [0.29, 0.717) is 12.2 Å². The normalized spacial score (nSPS) is 11.0. The summed E-state index contributed by atoms with van der Waals surface area (Å²) in [7, 11) is 0. The van der Waals surface area contributed by atoms with Crippen molar-refractivity contribution < 1.29 is 4.92 Å². The van der Waals surface area contributed by atoms with Crippen LogP contribution < -0.4 is 5.32 Å². The number of halogens is 1. The Bertz CT molecular complexity index is 828. The van der Waals surface area contributed by atoms with E-state index in [9.17, 15) is 10.1 Å². The number of nitrogens with zero attached hydrogens (tertiary/aromatic N) is 2.